The molecule has 2 unspecified atom stereocenters. The van der Waals surface area contributed by atoms with Crippen LogP contribution in [0, 0.1) is 15.5 Å². The summed E-state index contributed by atoms with van der Waals surface area (Å²) in [5.41, 5.74) is 2.62. The second-order valence-electron chi connectivity index (χ2n) is 7.54. The molecule has 4 N–H and O–H groups in total. The van der Waals surface area contributed by atoms with E-state index < -0.39 is 11.0 Å². The molecule has 2 atom stereocenters. The van der Waals surface area contributed by atoms with Crippen molar-refractivity contribution >= 4 is 34.6 Å². The largest absolute Gasteiger partial charge is 0.453 e. The number of hydrogen-bond acceptors (Lipinski definition) is 10. The fourth-order valence-electron chi connectivity index (χ4n) is 3.45. The second-order valence-corrected chi connectivity index (χ2v) is 7.54. The summed E-state index contributed by atoms with van der Waals surface area (Å²) in [5.74, 6) is 6.35. The third kappa shape index (κ3) is 3.45. The van der Waals surface area contributed by atoms with Crippen LogP contribution < -0.4 is 21.5 Å². The van der Waals surface area contributed by atoms with Crippen molar-refractivity contribution in [2.75, 3.05) is 24.0 Å². The topological polar surface area (TPSA) is 161 Å². The number of nitrogens with zero attached hydrogens (tertiary/aromatic N) is 5. The molecule has 28 heavy (non-hydrogen) atoms. The van der Waals surface area contributed by atoms with Crippen LogP contribution in [0.3, 0.4) is 0 Å². The number of nitrogens with two attached hydrogens (primary N) is 1. The van der Waals surface area contributed by atoms with Gasteiger partial charge in [0.1, 0.15) is 11.7 Å². The van der Waals surface area contributed by atoms with Gasteiger partial charge in [0.15, 0.2) is 17.3 Å². The zero-order valence-corrected chi connectivity index (χ0v) is 16.0. The molecule has 3 heterocycles. The first-order valence-corrected chi connectivity index (χ1v) is 8.55. The molecular weight excluding hydrogens is 368 g/mol. The maximum absolute atomic E-state index is 11.6. The van der Waals surface area contributed by atoms with Gasteiger partial charge in [0, 0.05) is 12.6 Å². The maximum Gasteiger partial charge on any atom is 0.407 e. The van der Waals surface area contributed by atoms with Crippen LogP contribution >= 0.6 is 0 Å². The van der Waals surface area contributed by atoms with Gasteiger partial charge < -0.3 is 20.4 Å². The zero-order valence-electron chi connectivity index (χ0n) is 16.0. The van der Waals surface area contributed by atoms with Crippen molar-refractivity contribution in [2.24, 2.45) is 11.3 Å². The minimum atomic E-state index is -0.550. The van der Waals surface area contributed by atoms with Crippen molar-refractivity contribution < 1.29 is 14.5 Å². The number of nitro groups is 1. The Bertz CT molecular complexity index is 929. The number of pyridine rings is 1. The predicted molar refractivity (Wildman–Crippen MR) is 102 cm³/mol. The first kappa shape index (κ1) is 19.5. The number of carbonyl (C=O) groups is 1. The lowest BCUT2D eigenvalue weighted by Gasteiger charge is -2.54. The number of amides is 1. The van der Waals surface area contributed by atoms with Crippen molar-refractivity contribution in [3.8, 4) is 0 Å². The zero-order chi connectivity index (χ0) is 20.6. The number of methoxy groups -OCH3 is 1. The Kier molecular flexibility index (Phi) is 4.89. The van der Waals surface area contributed by atoms with Gasteiger partial charge >= 0.3 is 6.09 Å². The minimum Gasteiger partial charge on any atom is -0.453 e. The van der Waals surface area contributed by atoms with Crippen LogP contribution in [0.15, 0.2) is 12.3 Å². The van der Waals surface area contributed by atoms with E-state index >= 15 is 0 Å². The van der Waals surface area contributed by atoms with Gasteiger partial charge in [0.2, 0.25) is 0 Å². The van der Waals surface area contributed by atoms with Gasteiger partial charge in [-0.05, 0) is 5.41 Å². The molecule has 0 spiro atoms. The summed E-state index contributed by atoms with van der Waals surface area (Å²) in [6.07, 6.45) is 0.629. The van der Waals surface area contributed by atoms with Crippen LogP contribution in [0.25, 0.3) is 11.2 Å². The Morgan fingerprint density at radius 1 is 1.43 bits per heavy atom. The van der Waals surface area contributed by atoms with Crippen LogP contribution in [0.2, 0.25) is 0 Å². The van der Waals surface area contributed by atoms with Gasteiger partial charge in [-0.1, -0.05) is 20.8 Å². The number of rotatable bonds is 4. The smallest absolute Gasteiger partial charge is 0.407 e. The molecule has 150 valence electrons. The Hall–Kier alpha value is -3.28. The summed E-state index contributed by atoms with van der Waals surface area (Å²) >= 11 is 0. The summed E-state index contributed by atoms with van der Waals surface area (Å²) in [6, 6.07) is 1.03. The van der Waals surface area contributed by atoms with E-state index in [2.05, 4.69) is 25.7 Å². The molecule has 1 saturated heterocycles. The molecule has 1 aliphatic heterocycles. The number of fused-ring (bicyclic) bond motifs is 1. The van der Waals surface area contributed by atoms with Gasteiger partial charge in [0.05, 0.1) is 24.1 Å². The standard InChI is InChI=1S/C16H22N8O4/c1-16(2,3)11-10(20-15(25)28-4)7-23(11)14-13(22-17)19-9-5-8(24(26)27)6-18-12(9)21-14/h5-6,10-11H,7,17H2,1-4H3,(H,19,22)(H,20,25). The monoisotopic (exact) mass is 390 g/mol. The van der Waals surface area contributed by atoms with E-state index in [1.807, 2.05) is 25.7 Å². The number of nitrogens with one attached hydrogen (secondary N) is 2. The molecule has 0 aliphatic carbocycles. The lowest BCUT2D eigenvalue weighted by Crippen LogP contribution is -2.71. The highest BCUT2D eigenvalue weighted by Crippen LogP contribution is 2.39. The number of alkyl carbamates (subject to hydrolysis) is 1. The van der Waals surface area contributed by atoms with E-state index in [9.17, 15) is 14.9 Å². The highest BCUT2D eigenvalue weighted by atomic mass is 16.6. The van der Waals surface area contributed by atoms with Crippen LogP contribution in [-0.2, 0) is 4.74 Å². The predicted octanol–water partition coefficient (Wildman–Crippen LogP) is 1.18. The van der Waals surface area contributed by atoms with Crippen LogP contribution in [-0.4, -0.2) is 51.7 Å². The van der Waals surface area contributed by atoms with Crippen molar-refractivity contribution in [1.82, 2.24) is 20.3 Å². The Balaban J connectivity index is 2.00. The Morgan fingerprint density at radius 3 is 2.71 bits per heavy atom. The van der Waals surface area contributed by atoms with E-state index in [4.69, 9.17) is 10.6 Å². The molecule has 3 rings (SSSR count). The summed E-state index contributed by atoms with van der Waals surface area (Å²) < 4.78 is 4.70. The molecule has 1 aliphatic rings. The third-order valence-electron chi connectivity index (χ3n) is 4.59. The van der Waals surface area contributed by atoms with E-state index in [1.54, 1.807) is 0 Å². The lowest BCUT2D eigenvalue weighted by molar-refractivity contribution is -0.385. The number of anilines is 2. The quantitative estimate of drug-likeness (QED) is 0.392. The normalized spacial score (nSPS) is 19.1. The van der Waals surface area contributed by atoms with E-state index in [-0.39, 0.29) is 40.2 Å². The van der Waals surface area contributed by atoms with Gasteiger partial charge in [-0.2, -0.15) is 0 Å². The van der Waals surface area contributed by atoms with E-state index in [1.165, 1.54) is 13.2 Å². The number of nitrogen functional groups attached to an aromatic ring is 1. The van der Waals surface area contributed by atoms with E-state index in [0.717, 1.165) is 6.20 Å². The summed E-state index contributed by atoms with van der Waals surface area (Å²) in [7, 11) is 1.31. The third-order valence-corrected chi connectivity index (χ3v) is 4.59. The molecule has 12 nitrogen and oxygen atoms in total. The lowest BCUT2D eigenvalue weighted by atomic mass is 9.76. The Labute approximate surface area is 160 Å². The molecule has 0 saturated carbocycles. The number of hydrazine groups is 1. The van der Waals surface area contributed by atoms with Crippen molar-refractivity contribution in [3.05, 3.63) is 22.4 Å². The van der Waals surface area contributed by atoms with Gasteiger partial charge in [-0.3, -0.25) is 10.1 Å². The fraction of sp³-hybridized carbons (Fsp3) is 0.500. The molecule has 2 aromatic heterocycles. The van der Waals surface area contributed by atoms with Gasteiger partial charge in [0.25, 0.3) is 5.69 Å². The van der Waals surface area contributed by atoms with Crippen LogP contribution in [0.4, 0.5) is 22.1 Å². The fourth-order valence-corrected chi connectivity index (χ4v) is 3.45. The number of aromatic nitrogens is 3. The minimum absolute atomic E-state index is 0.108. The maximum atomic E-state index is 11.6. The summed E-state index contributed by atoms with van der Waals surface area (Å²) in [4.78, 5) is 36.9. The SMILES string of the molecule is COC(=O)NC1CN(c2nc3ncc([N+](=O)[O-])cc3nc2NN)C1C(C)(C)C. The molecule has 12 heteroatoms. The summed E-state index contributed by atoms with van der Waals surface area (Å²) in [5, 5.41) is 13.8. The average molecular weight is 390 g/mol. The van der Waals surface area contributed by atoms with Crippen molar-refractivity contribution in [2.45, 2.75) is 32.9 Å². The number of ether oxygens (including phenoxy) is 1. The molecule has 2 aromatic rings. The molecule has 0 radical (unpaired) electrons. The van der Waals surface area contributed by atoms with Gasteiger partial charge in [-0.15, -0.1) is 0 Å². The molecule has 0 aromatic carbocycles. The highest BCUT2D eigenvalue weighted by Gasteiger charge is 2.48. The first-order chi connectivity index (χ1) is 13.2. The summed E-state index contributed by atoms with van der Waals surface area (Å²) in [6.45, 7) is 6.60. The highest BCUT2D eigenvalue weighted by molar-refractivity contribution is 5.80. The van der Waals surface area contributed by atoms with Crippen LogP contribution in [0.1, 0.15) is 20.8 Å². The Morgan fingerprint density at radius 2 is 2.14 bits per heavy atom. The first-order valence-electron chi connectivity index (χ1n) is 8.55. The van der Waals surface area contributed by atoms with Gasteiger partial charge in [-0.25, -0.2) is 25.6 Å². The van der Waals surface area contributed by atoms with Crippen LogP contribution in [0.5, 0.6) is 0 Å². The molecule has 1 fully saturated rings. The molecule has 1 amide bonds. The average Bonchev–Trinajstić information content (AvgIpc) is 2.61. The number of hydrogen-bond donors (Lipinski definition) is 3. The van der Waals surface area contributed by atoms with Crippen molar-refractivity contribution in [1.29, 1.82) is 0 Å². The van der Waals surface area contributed by atoms with E-state index in [0.29, 0.717) is 12.4 Å². The second kappa shape index (κ2) is 7.03. The molecule has 0 bridgehead atoms. The molecular formula is C16H22N8O4. The number of carbonyl (C=O) groups excluding carboxylic acids is 1. The van der Waals surface area contributed by atoms with Crippen molar-refractivity contribution in [3.63, 3.8) is 0 Å².